The van der Waals surface area contributed by atoms with E-state index in [0.717, 1.165) is 35.6 Å². The van der Waals surface area contributed by atoms with Gasteiger partial charge in [-0.3, -0.25) is 9.88 Å². The highest BCUT2D eigenvalue weighted by atomic mass is 35.5. The van der Waals surface area contributed by atoms with Crippen LogP contribution in [0.5, 0.6) is 5.75 Å². The molecule has 1 fully saturated rings. The van der Waals surface area contributed by atoms with E-state index < -0.39 is 0 Å². The van der Waals surface area contributed by atoms with Crippen molar-refractivity contribution in [1.29, 1.82) is 0 Å². The molecule has 1 saturated heterocycles. The van der Waals surface area contributed by atoms with E-state index in [1.165, 1.54) is 5.56 Å². The van der Waals surface area contributed by atoms with Crippen molar-refractivity contribution < 1.29 is 9.53 Å². The fourth-order valence-corrected chi connectivity index (χ4v) is 4.43. The number of urea groups is 1. The number of fused-ring (bicyclic) bond motifs is 2. The summed E-state index contributed by atoms with van der Waals surface area (Å²) in [7, 11) is 0. The number of carbonyl (C=O) groups is 1. The third kappa shape index (κ3) is 5.41. The predicted molar refractivity (Wildman–Crippen MR) is 136 cm³/mol. The number of rotatable bonds is 7. The molecule has 0 unspecified atom stereocenters. The first-order valence-electron chi connectivity index (χ1n) is 11.7. The summed E-state index contributed by atoms with van der Waals surface area (Å²) >= 11 is 5.96. The summed E-state index contributed by atoms with van der Waals surface area (Å²) in [5.74, 6) is 0.590. The number of nitrogens with one attached hydrogen (secondary N) is 3. The highest BCUT2D eigenvalue weighted by Crippen LogP contribution is 2.30. The number of pyridine rings is 1. The van der Waals surface area contributed by atoms with Crippen LogP contribution in [0.2, 0.25) is 5.02 Å². The molecule has 2 amide bonds. The van der Waals surface area contributed by atoms with Gasteiger partial charge in [0.25, 0.3) is 0 Å². The van der Waals surface area contributed by atoms with E-state index in [9.17, 15) is 9.59 Å². The monoisotopic (exact) mass is 494 g/mol. The van der Waals surface area contributed by atoms with Crippen LogP contribution in [0.3, 0.4) is 0 Å². The predicted octanol–water partition coefficient (Wildman–Crippen LogP) is 3.35. The molecule has 0 radical (unpaired) electrons. The zero-order valence-electron chi connectivity index (χ0n) is 19.2. The topological polar surface area (TPSA) is 106 Å². The lowest BCUT2D eigenvalue weighted by atomic mass is 10.2. The van der Waals surface area contributed by atoms with E-state index in [0.29, 0.717) is 49.6 Å². The Labute approximate surface area is 207 Å². The van der Waals surface area contributed by atoms with Gasteiger partial charge in [0.05, 0.1) is 12.1 Å². The molecule has 0 bridgehead atoms. The maximum Gasteiger partial charge on any atom is 0.325 e. The Morgan fingerprint density at radius 2 is 1.83 bits per heavy atom. The number of ether oxygens (including phenoxy) is 1. The second-order valence-electron chi connectivity index (χ2n) is 8.58. The standard InChI is InChI=1S/C25H27ClN6O3/c26-18-8-6-17(7-9-18)16-31-11-13-32(14-12-31)25(34)27-10-3-15-35-22-19-4-1-2-5-20(19)28-23-21(22)29-24(33)30-23/h1-2,4-9H,3,10-16H2,(H,27,34)(H2,28,29,30,33). The zero-order chi connectivity index (χ0) is 24.2. The van der Waals surface area contributed by atoms with Gasteiger partial charge in [0, 0.05) is 49.7 Å². The molecule has 5 rings (SSSR count). The Morgan fingerprint density at radius 1 is 1.06 bits per heavy atom. The van der Waals surface area contributed by atoms with Crippen LogP contribution in [-0.4, -0.2) is 70.1 Å². The van der Waals surface area contributed by atoms with Crippen molar-refractivity contribution in [3.63, 3.8) is 0 Å². The average Bonchev–Trinajstić information content (AvgIpc) is 3.24. The maximum absolute atomic E-state index is 12.6. The molecule has 0 saturated carbocycles. The third-order valence-corrected chi connectivity index (χ3v) is 6.39. The van der Waals surface area contributed by atoms with Crippen molar-refractivity contribution in [2.45, 2.75) is 13.0 Å². The molecule has 0 atom stereocenters. The number of carbonyl (C=O) groups excluding carboxylic acids is 1. The summed E-state index contributed by atoms with van der Waals surface area (Å²) in [5.41, 5.74) is 2.65. The van der Waals surface area contributed by atoms with Crippen LogP contribution < -0.4 is 15.7 Å². The number of hydrogen-bond donors (Lipinski definition) is 3. The Morgan fingerprint density at radius 3 is 2.63 bits per heavy atom. The van der Waals surface area contributed by atoms with Gasteiger partial charge in [-0.1, -0.05) is 35.9 Å². The average molecular weight is 495 g/mol. The van der Waals surface area contributed by atoms with Crippen molar-refractivity contribution in [2.75, 3.05) is 39.3 Å². The first-order chi connectivity index (χ1) is 17.1. The number of para-hydroxylation sites is 1. The lowest BCUT2D eigenvalue weighted by Gasteiger charge is -2.34. The third-order valence-electron chi connectivity index (χ3n) is 6.14. The van der Waals surface area contributed by atoms with Gasteiger partial charge in [-0.25, -0.2) is 14.6 Å². The van der Waals surface area contributed by atoms with E-state index in [1.54, 1.807) is 0 Å². The van der Waals surface area contributed by atoms with Crippen molar-refractivity contribution in [3.05, 3.63) is 69.6 Å². The van der Waals surface area contributed by atoms with Gasteiger partial charge in [-0.2, -0.15) is 0 Å². The SMILES string of the molecule is O=C(NCCCOc1c2ccccc2nc2[nH]c(=O)[nH]c12)N1CCN(Cc2ccc(Cl)cc2)CC1. The number of nitrogens with zero attached hydrogens (tertiary/aromatic N) is 3. The van der Waals surface area contributed by atoms with E-state index >= 15 is 0 Å². The molecule has 2 aromatic carbocycles. The molecule has 2 aromatic heterocycles. The number of benzene rings is 2. The first-order valence-corrected chi connectivity index (χ1v) is 12.1. The van der Waals surface area contributed by atoms with Gasteiger partial charge in [0.2, 0.25) is 0 Å². The summed E-state index contributed by atoms with van der Waals surface area (Å²) in [6.07, 6.45) is 0.634. The highest BCUT2D eigenvalue weighted by molar-refractivity contribution is 6.30. The number of piperazine rings is 1. The molecule has 0 spiro atoms. The minimum Gasteiger partial charge on any atom is -0.490 e. The quantitative estimate of drug-likeness (QED) is 0.342. The van der Waals surface area contributed by atoms with Gasteiger partial charge >= 0.3 is 11.7 Å². The molecule has 35 heavy (non-hydrogen) atoms. The molecule has 182 valence electrons. The van der Waals surface area contributed by atoms with E-state index in [1.807, 2.05) is 53.4 Å². The van der Waals surface area contributed by atoms with Crippen LogP contribution in [0.1, 0.15) is 12.0 Å². The normalized spacial score (nSPS) is 14.5. The Hall–Kier alpha value is -3.56. The number of aromatic amines is 2. The van der Waals surface area contributed by atoms with Crippen molar-refractivity contribution in [1.82, 2.24) is 30.1 Å². The number of imidazole rings is 1. The van der Waals surface area contributed by atoms with Crippen LogP contribution in [0.4, 0.5) is 4.79 Å². The summed E-state index contributed by atoms with van der Waals surface area (Å²) in [6.45, 7) is 4.80. The largest absolute Gasteiger partial charge is 0.490 e. The van der Waals surface area contributed by atoms with Crippen molar-refractivity contribution in [2.24, 2.45) is 0 Å². The molecule has 0 aliphatic carbocycles. The van der Waals surface area contributed by atoms with Crippen LogP contribution >= 0.6 is 11.6 Å². The van der Waals surface area contributed by atoms with Gasteiger partial charge < -0.3 is 19.9 Å². The van der Waals surface area contributed by atoms with E-state index in [4.69, 9.17) is 16.3 Å². The zero-order valence-corrected chi connectivity index (χ0v) is 20.0. The highest BCUT2D eigenvalue weighted by Gasteiger charge is 2.21. The summed E-state index contributed by atoms with van der Waals surface area (Å²) in [4.78, 5) is 38.5. The van der Waals surface area contributed by atoms with Gasteiger partial charge in [-0.05, 0) is 36.2 Å². The van der Waals surface area contributed by atoms with Gasteiger partial charge in [0.15, 0.2) is 11.4 Å². The molecule has 4 aromatic rings. The summed E-state index contributed by atoms with van der Waals surface area (Å²) in [5, 5.41) is 4.55. The molecule has 10 heteroatoms. The van der Waals surface area contributed by atoms with Gasteiger partial charge in [-0.15, -0.1) is 0 Å². The number of aromatic nitrogens is 3. The summed E-state index contributed by atoms with van der Waals surface area (Å²) < 4.78 is 6.04. The minimum atomic E-state index is -0.326. The Balaban J connectivity index is 1.08. The van der Waals surface area contributed by atoms with Crippen LogP contribution in [-0.2, 0) is 6.54 Å². The Bertz CT molecular complexity index is 1380. The number of halogens is 1. The first kappa shape index (κ1) is 23.2. The molecular weight excluding hydrogens is 468 g/mol. The molecule has 3 heterocycles. The lowest BCUT2D eigenvalue weighted by molar-refractivity contribution is 0.135. The fraction of sp³-hybridized carbons (Fsp3) is 0.320. The number of hydrogen-bond acceptors (Lipinski definition) is 5. The van der Waals surface area contributed by atoms with Crippen LogP contribution in [0.15, 0.2) is 53.3 Å². The van der Waals surface area contributed by atoms with Crippen molar-refractivity contribution >= 4 is 39.7 Å². The summed E-state index contributed by atoms with van der Waals surface area (Å²) in [6, 6.07) is 15.4. The minimum absolute atomic E-state index is 0.0529. The molecule has 1 aliphatic heterocycles. The number of amides is 2. The Kier molecular flexibility index (Phi) is 6.87. The smallest absolute Gasteiger partial charge is 0.325 e. The maximum atomic E-state index is 12.6. The molecular formula is C25H27ClN6O3. The molecule has 3 N–H and O–H groups in total. The van der Waals surface area contributed by atoms with E-state index in [-0.39, 0.29) is 11.7 Å². The van der Waals surface area contributed by atoms with Crippen LogP contribution in [0.25, 0.3) is 22.1 Å². The fourth-order valence-electron chi connectivity index (χ4n) is 4.30. The number of H-pyrrole nitrogens is 2. The second-order valence-corrected chi connectivity index (χ2v) is 9.02. The molecule has 9 nitrogen and oxygen atoms in total. The van der Waals surface area contributed by atoms with Crippen LogP contribution in [0, 0.1) is 0 Å². The van der Waals surface area contributed by atoms with Gasteiger partial charge in [0.1, 0.15) is 5.52 Å². The lowest BCUT2D eigenvalue weighted by Crippen LogP contribution is -2.51. The molecule has 1 aliphatic rings. The van der Waals surface area contributed by atoms with E-state index in [2.05, 4.69) is 25.2 Å². The second kappa shape index (κ2) is 10.4. The van der Waals surface area contributed by atoms with Crippen molar-refractivity contribution in [3.8, 4) is 5.75 Å².